The van der Waals surface area contributed by atoms with Crippen molar-refractivity contribution in [2.75, 3.05) is 0 Å². The molecule has 1 aromatic rings. The molecule has 1 N–H and O–H groups in total. The second-order valence-corrected chi connectivity index (χ2v) is 7.06. The summed E-state index contributed by atoms with van der Waals surface area (Å²) in [6, 6.07) is 6.22. The molecule has 1 fully saturated rings. The Balaban J connectivity index is 2.16. The van der Waals surface area contributed by atoms with Crippen LogP contribution < -0.4 is 5.32 Å². The van der Waals surface area contributed by atoms with Crippen LogP contribution in [0.15, 0.2) is 29.3 Å². The van der Waals surface area contributed by atoms with Crippen molar-refractivity contribution < 1.29 is 19.1 Å². The minimum atomic E-state index is -0.589. The predicted octanol–water partition coefficient (Wildman–Crippen LogP) is 3.55. The Hall–Kier alpha value is -2.50. The molecular weight excluding hydrogens is 320 g/mol. The van der Waals surface area contributed by atoms with Crippen molar-refractivity contribution in [2.45, 2.75) is 58.1 Å². The van der Waals surface area contributed by atoms with Gasteiger partial charge in [-0.05, 0) is 46.1 Å². The number of aliphatic imine (C=N–C) groups is 1. The summed E-state index contributed by atoms with van der Waals surface area (Å²) in [5, 5.41) is 2.80. The number of benzene rings is 1. The first-order valence-electron chi connectivity index (χ1n) is 8.45. The van der Waals surface area contributed by atoms with Gasteiger partial charge in [0, 0.05) is 11.3 Å². The minimum absolute atomic E-state index is 0.270. The van der Waals surface area contributed by atoms with E-state index in [1.54, 1.807) is 45.0 Å². The lowest BCUT2D eigenvalue weighted by Crippen LogP contribution is -2.45. The van der Waals surface area contributed by atoms with Crippen molar-refractivity contribution in [1.82, 2.24) is 5.32 Å². The van der Waals surface area contributed by atoms with E-state index in [1.165, 1.54) is 0 Å². The maximum atomic E-state index is 12.5. The van der Waals surface area contributed by atoms with Crippen molar-refractivity contribution >= 4 is 24.0 Å². The molecule has 1 saturated carbocycles. The molecule has 6 heteroatoms. The number of alkyl carbamates (subject to hydrolysis) is 1. The Morgan fingerprint density at radius 2 is 1.96 bits per heavy atom. The van der Waals surface area contributed by atoms with Crippen LogP contribution in [0, 0.1) is 0 Å². The first kappa shape index (κ1) is 18.8. The lowest BCUT2D eigenvalue weighted by molar-refractivity contribution is 0.0513. The molecule has 0 unspecified atom stereocenters. The first-order valence-corrected chi connectivity index (χ1v) is 8.45. The number of nitrogens with zero attached hydrogens (tertiary/aromatic N) is 1. The van der Waals surface area contributed by atoms with E-state index >= 15 is 0 Å². The highest BCUT2D eigenvalue weighted by molar-refractivity contribution is 6.09. The number of rotatable bonds is 3. The maximum absolute atomic E-state index is 12.5. The van der Waals surface area contributed by atoms with Crippen LogP contribution >= 0.6 is 0 Å². The van der Waals surface area contributed by atoms with Crippen molar-refractivity contribution in [3.8, 4) is 0 Å². The van der Waals surface area contributed by atoms with E-state index in [-0.39, 0.29) is 11.6 Å². The molecular formula is C19H24N2O4. The van der Waals surface area contributed by atoms with Crippen LogP contribution in [0.5, 0.6) is 0 Å². The number of hydrogen-bond donors (Lipinski definition) is 1. The van der Waals surface area contributed by atoms with Crippen LogP contribution in [0.25, 0.3) is 0 Å². The summed E-state index contributed by atoms with van der Waals surface area (Å²) in [6.07, 6.45) is 3.32. The van der Waals surface area contributed by atoms with Gasteiger partial charge in [-0.3, -0.25) is 9.59 Å². The quantitative estimate of drug-likeness (QED) is 0.850. The standard InChI is InChI=1S/C19H24N2O4/c1-19(2,3)25-18(24)21-16-11-7-6-10-15(16)20-17(23)14-9-5-4-8-13(14)12-22/h4-5,8-9,12,16H,6-7,10-11H2,1-3H3,(H,21,24)/t16-/m1/s1. The zero-order valence-electron chi connectivity index (χ0n) is 14.9. The Morgan fingerprint density at radius 3 is 2.64 bits per heavy atom. The zero-order chi connectivity index (χ0) is 18.4. The summed E-state index contributed by atoms with van der Waals surface area (Å²) in [4.78, 5) is 39.8. The van der Waals surface area contributed by atoms with Gasteiger partial charge in [0.1, 0.15) is 5.60 Å². The normalized spacial score (nSPS) is 19.3. The van der Waals surface area contributed by atoms with Crippen LogP contribution in [0.2, 0.25) is 0 Å². The van der Waals surface area contributed by atoms with Gasteiger partial charge in [0.05, 0.1) is 11.6 Å². The highest BCUT2D eigenvalue weighted by Crippen LogP contribution is 2.18. The van der Waals surface area contributed by atoms with Crippen LogP contribution in [-0.4, -0.2) is 35.6 Å². The molecule has 0 saturated heterocycles. The minimum Gasteiger partial charge on any atom is -0.444 e. The molecule has 0 bridgehead atoms. The van der Waals surface area contributed by atoms with Gasteiger partial charge in [-0.25, -0.2) is 9.79 Å². The summed E-state index contributed by atoms with van der Waals surface area (Å²) >= 11 is 0. The molecule has 1 atom stereocenters. The molecule has 6 nitrogen and oxygen atoms in total. The fourth-order valence-electron chi connectivity index (χ4n) is 2.72. The highest BCUT2D eigenvalue weighted by atomic mass is 16.6. The molecule has 2 rings (SSSR count). The number of amides is 2. The van der Waals surface area contributed by atoms with E-state index < -0.39 is 17.6 Å². The summed E-state index contributed by atoms with van der Waals surface area (Å²) in [6.45, 7) is 5.38. The van der Waals surface area contributed by atoms with Gasteiger partial charge < -0.3 is 10.1 Å². The molecule has 25 heavy (non-hydrogen) atoms. The molecule has 1 aliphatic rings. The smallest absolute Gasteiger partial charge is 0.408 e. The van der Waals surface area contributed by atoms with E-state index in [2.05, 4.69) is 10.3 Å². The van der Waals surface area contributed by atoms with E-state index in [0.717, 1.165) is 12.8 Å². The van der Waals surface area contributed by atoms with Crippen LogP contribution in [0.4, 0.5) is 4.79 Å². The van der Waals surface area contributed by atoms with Gasteiger partial charge in [0.2, 0.25) is 0 Å². The molecule has 0 aliphatic heterocycles. The second-order valence-electron chi connectivity index (χ2n) is 7.06. The van der Waals surface area contributed by atoms with E-state index in [9.17, 15) is 14.4 Å². The first-order chi connectivity index (χ1) is 11.8. The molecule has 1 aliphatic carbocycles. The van der Waals surface area contributed by atoms with E-state index in [4.69, 9.17) is 4.74 Å². The monoisotopic (exact) mass is 344 g/mol. The van der Waals surface area contributed by atoms with Crippen molar-refractivity contribution in [3.05, 3.63) is 35.4 Å². The lowest BCUT2D eigenvalue weighted by Gasteiger charge is -2.27. The van der Waals surface area contributed by atoms with Gasteiger partial charge in [-0.1, -0.05) is 24.6 Å². The van der Waals surface area contributed by atoms with Crippen molar-refractivity contribution in [3.63, 3.8) is 0 Å². The lowest BCUT2D eigenvalue weighted by atomic mass is 9.93. The Bertz CT molecular complexity index is 689. The predicted molar refractivity (Wildman–Crippen MR) is 95.2 cm³/mol. The molecule has 134 valence electrons. The fraction of sp³-hybridized carbons (Fsp3) is 0.474. The van der Waals surface area contributed by atoms with Crippen LogP contribution in [-0.2, 0) is 4.74 Å². The third-order valence-electron chi connectivity index (χ3n) is 3.83. The molecule has 0 heterocycles. The molecule has 2 amide bonds. The number of aldehydes is 1. The number of carbonyl (C=O) groups is 3. The van der Waals surface area contributed by atoms with Crippen molar-refractivity contribution in [2.24, 2.45) is 4.99 Å². The van der Waals surface area contributed by atoms with Crippen LogP contribution in [0.1, 0.15) is 67.2 Å². The summed E-state index contributed by atoms with van der Waals surface area (Å²) in [7, 11) is 0. The van der Waals surface area contributed by atoms with Gasteiger partial charge in [-0.2, -0.15) is 0 Å². The van der Waals surface area contributed by atoms with Crippen molar-refractivity contribution in [1.29, 1.82) is 0 Å². The van der Waals surface area contributed by atoms with Gasteiger partial charge >= 0.3 is 6.09 Å². The van der Waals surface area contributed by atoms with E-state index in [0.29, 0.717) is 30.4 Å². The average molecular weight is 344 g/mol. The molecule has 0 aromatic heterocycles. The largest absolute Gasteiger partial charge is 0.444 e. The molecule has 1 aromatic carbocycles. The van der Waals surface area contributed by atoms with Gasteiger partial charge in [0.25, 0.3) is 5.91 Å². The Morgan fingerprint density at radius 1 is 1.24 bits per heavy atom. The van der Waals surface area contributed by atoms with Gasteiger partial charge in [0.15, 0.2) is 6.29 Å². The Kier molecular flexibility index (Phi) is 6.07. The summed E-state index contributed by atoms with van der Waals surface area (Å²) in [5.74, 6) is -0.462. The number of nitrogens with one attached hydrogen (secondary N) is 1. The topological polar surface area (TPSA) is 84.8 Å². The third kappa shape index (κ3) is 5.52. The third-order valence-corrected chi connectivity index (χ3v) is 3.83. The van der Waals surface area contributed by atoms with Crippen LogP contribution in [0.3, 0.4) is 0 Å². The average Bonchev–Trinajstić information content (AvgIpc) is 2.54. The zero-order valence-corrected chi connectivity index (χ0v) is 14.9. The molecule has 0 spiro atoms. The highest BCUT2D eigenvalue weighted by Gasteiger charge is 2.26. The van der Waals surface area contributed by atoms with Gasteiger partial charge in [-0.15, -0.1) is 0 Å². The number of carbonyl (C=O) groups excluding carboxylic acids is 3. The number of ether oxygens (including phenoxy) is 1. The van der Waals surface area contributed by atoms with E-state index in [1.807, 2.05) is 0 Å². The second kappa shape index (κ2) is 8.05. The molecule has 0 radical (unpaired) electrons. The summed E-state index contributed by atoms with van der Waals surface area (Å²) < 4.78 is 5.28. The number of hydrogen-bond acceptors (Lipinski definition) is 4. The maximum Gasteiger partial charge on any atom is 0.408 e. The SMILES string of the molecule is CC(C)(C)OC(=O)N[C@@H]1CCCCC1=NC(=O)c1ccccc1C=O. The summed E-state index contributed by atoms with van der Waals surface area (Å²) in [5.41, 5.74) is 0.619. The fourth-order valence-corrected chi connectivity index (χ4v) is 2.72. The Labute approximate surface area is 147 Å².